The van der Waals surface area contributed by atoms with Crippen molar-refractivity contribution in [1.82, 2.24) is 10.2 Å². The number of carbonyl (C=O) groups is 2. The SMILES string of the molecule is CC1CCC(C)N(C(=O)NCC2CCCC2C(=O)O)C1. The molecule has 2 N–H and O–H groups in total. The summed E-state index contributed by atoms with van der Waals surface area (Å²) in [7, 11) is 0. The lowest BCUT2D eigenvalue weighted by molar-refractivity contribution is -0.142. The third kappa shape index (κ3) is 3.44. The fraction of sp³-hybridized carbons (Fsp3) is 0.867. The van der Waals surface area contributed by atoms with Crippen LogP contribution in [0.25, 0.3) is 0 Å². The van der Waals surface area contributed by atoms with Gasteiger partial charge in [0, 0.05) is 19.1 Å². The highest BCUT2D eigenvalue weighted by Crippen LogP contribution is 2.31. The average Bonchev–Trinajstić information content (AvgIpc) is 2.87. The summed E-state index contributed by atoms with van der Waals surface area (Å²) < 4.78 is 0. The van der Waals surface area contributed by atoms with E-state index in [2.05, 4.69) is 19.2 Å². The van der Waals surface area contributed by atoms with E-state index in [0.29, 0.717) is 12.5 Å². The van der Waals surface area contributed by atoms with Gasteiger partial charge in [0.2, 0.25) is 0 Å². The molecule has 0 aromatic rings. The quantitative estimate of drug-likeness (QED) is 0.834. The Kier molecular flexibility index (Phi) is 4.89. The lowest BCUT2D eigenvalue weighted by atomic mass is 9.95. The van der Waals surface area contributed by atoms with Gasteiger partial charge in [0.25, 0.3) is 0 Å². The van der Waals surface area contributed by atoms with Crippen molar-refractivity contribution in [2.45, 2.75) is 52.0 Å². The van der Waals surface area contributed by atoms with Crippen LogP contribution in [0.15, 0.2) is 0 Å². The molecule has 4 atom stereocenters. The second-order valence-electron chi connectivity index (χ2n) is 6.51. The summed E-state index contributed by atoms with van der Waals surface area (Å²) >= 11 is 0. The van der Waals surface area contributed by atoms with Crippen LogP contribution in [0.5, 0.6) is 0 Å². The molecular formula is C15H26N2O3. The molecule has 1 saturated heterocycles. The van der Waals surface area contributed by atoms with Crippen molar-refractivity contribution in [3.05, 3.63) is 0 Å². The fourth-order valence-electron chi connectivity index (χ4n) is 3.50. The Bertz CT molecular complexity index is 372. The zero-order valence-corrected chi connectivity index (χ0v) is 12.5. The highest BCUT2D eigenvalue weighted by atomic mass is 16.4. The van der Waals surface area contributed by atoms with Gasteiger partial charge in [-0.15, -0.1) is 0 Å². The first-order valence-electron chi connectivity index (χ1n) is 7.76. The standard InChI is InChI=1S/C15H26N2O3/c1-10-6-7-11(2)17(9-10)15(20)16-8-12-4-3-5-13(12)14(18)19/h10-13H,3-9H2,1-2H3,(H,16,20)(H,18,19). The third-order valence-corrected chi connectivity index (χ3v) is 4.87. The predicted molar refractivity (Wildman–Crippen MR) is 76.4 cm³/mol. The number of hydrogen-bond donors (Lipinski definition) is 2. The van der Waals surface area contributed by atoms with Crippen molar-refractivity contribution in [3.63, 3.8) is 0 Å². The van der Waals surface area contributed by atoms with Gasteiger partial charge in [0.15, 0.2) is 0 Å². The van der Waals surface area contributed by atoms with Crippen molar-refractivity contribution in [3.8, 4) is 0 Å². The summed E-state index contributed by atoms with van der Waals surface area (Å²) in [5, 5.41) is 12.1. The Morgan fingerprint density at radius 2 is 1.95 bits per heavy atom. The number of piperidine rings is 1. The summed E-state index contributed by atoms with van der Waals surface area (Å²) in [6, 6.07) is 0.255. The van der Waals surface area contributed by atoms with E-state index in [1.807, 2.05) is 4.90 Å². The first kappa shape index (κ1) is 15.1. The molecule has 114 valence electrons. The summed E-state index contributed by atoms with van der Waals surface area (Å²) in [6.07, 6.45) is 4.83. The van der Waals surface area contributed by atoms with Gasteiger partial charge in [-0.25, -0.2) is 4.79 Å². The van der Waals surface area contributed by atoms with Gasteiger partial charge in [-0.05, 0) is 44.4 Å². The summed E-state index contributed by atoms with van der Waals surface area (Å²) in [5.74, 6) is -0.362. The highest BCUT2D eigenvalue weighted by molar-refractivity contribution is 5.75. The number of amides is 2. The minimum absolute atomic E-state index is 0.0277. The van der Waals surface area contributed by atoms with Crippen LogP contribution in [0, 0.1) is 17.8 Å². The minimum Gasteiger partial charge on any atom is -0.481 e. The van der Waals surface area contributed by atoms with Gasteiger partial charge in [-0.1, -0.05) is 13.3 Å². The van der Waals surface area contributed by atoms with Gasteiger partial charge in [0.05, 0.1) is 5.92 Å². The van der Waals surface area contributed by atoms with Crippen molar-refractivity contribution in [2.75, 3.05) is 13.1 Å². The number of nitrogens with zero attached hydrogens (tertiary/aromatic N) is 1. The Morgan fingerprint density at radius 1 is 1.20 bits per heavy atom. The monoisotopic (exact) mass is 282 g/mol. The molecule has 20 heavy (non-hydrogen) atoms. The molecule has 0 aromatic heterocycles. The molecule has 5 heteroatoms. The molecule has 2 rings (SSSR count). The molecule has 5 nitrogen and oxygen atoms in total. The number of carbonyl (C=O) groups excluding carboxylic acids is 1. The second-order valence-corrected chi connectivity index (χ2v) is 6.51. The number of likely N-dealkylation sites (tertiary alicyclic amines) is 1. The van der Waals surface area contributed by atoms with E-state index in [1.54, 1.807) is 0 Å². The molecule has 0 aromatic carbocycles. The van der Waals surface area contributed by atoms with Crippen LogP contribution in [0.2, 0.25) is 0 Å². The average molecular weight is 282 g/mol. The van der Waals surface area contributed by atoms with Crippen LogP contribution in [-0.2, 0) is 4.79 Å². The van der Waals surface area contributed by atoms with Crippen molar-refractivity contribution < 1.29 is 14.7 Å². The maximum Gasteiger partial charge on any atom is 0.317 e. The topological polar surface area (TPSA) is 69.6 Å². The molecule has 0 radical (unpaired) electrons. The smallest absolute Gasteiger partial charge is 0.317 e. The van der Waals surface area contributed by atoms with E-state index in [1.165, 1.54) is 6.42 Å². The minimum atomic E-state index is -0.721. The molecule has 1 heterocycles. The Hall–Kier alpha value is -1.26. The van der Waals surface area contributed by atoms with Crippen LogP contribution in [-0.4, -0.2) is 41.1 Å². The van der Waals surface area contributed by atoms with E-state index < -0.39 is 5.97 Å². The van der Waals surface area contributed by atoms with Gasteiger partial charge in [0.1, 0.15) is 0 Å². The van der Waals surface area contributed by atoms with E-state index in [-0.39, 0.29) is 23.9 Å². The molecule has 1 aliphatic carbocycles. The Balaban J connectivity index is 1.84. The number of rotatable bonds is 3. The molecule has 4 unspecified atom stereocenters. The molecule has 0 bridgehead atoms. The Morgan fingerprint density at radius 3 is 2.65 bits per heavy atom. The van der Waals surface area contributed by atoms with E-state index in [4.69, 9.17) is 5.11 Å². The van der Waals surface area contributed by atoms with Gasteiger partial charge in [-0.2, -0.15) is 0 Å². The molecule has 2 fully saturated rings. The van der Waals surface area contributed by atoms with Gasteiger partial charge < -0.3 is 15.3 Å². The lowest BCUT2D eigenvalue weighted by Crippen LogP contribution is -2.50. The molecule has 2 amide bonds. The highest BCUT2D eigenvalue weighted by Gasteiger charge is 2.34. The Labute approximate surface area is 120 Å². The first-order valence-corrected chi connectivity index (χ1v) is 7.76. The second kappa shape index (κ2) is 6.46. The molecule has 1 saturated carbocycles. The van der Waals surface area contributed by atoms with E-state index in [9.17, 15) is 9.59 Å². The normalized spacial score (nSPS) is 34.0. The van der Waals surface area contributed by atoms with Crippen LogP contribution in [0.3, 0.4) is 0 Å². The number of nitrogens with one attached hydrogen (secondary N) is 1. The maximum absolute atomic E-state index is 12.3. The van der Waals surface area contributed by atoms with Crippen LogP contribution < -0.4 is 5.32 Å². The zero-order chi connectivity index (χ0) is 14.7. The van der Waals surface area contributed by atoms with Gasteiger partial charge >= 0.3 is 12.0 Å². The van der Waals surface area contributed by atoms with Gasteiger partial charge in [-0.3, -0.25) is 4.79 Å². The van der Waals surface area contributed by atoms with Crippen LogP contribution in [0.4, 0.5) is 4.79 Å². The summed E-state index contributed by atoms with van der Waals surface area (Å²) in [4.78, 5) is 25.3. The number of carboxylic acid groups (broad SMARTS) is 1. The number of carboxylic acids is 1. The molecule has 2 aliphatic rings. The van der Waals surface area contributed by atoms with E-state index in [0.717, 1.165) is 32.2 Å². The lowest BCUT2D eigenvalue weighted by Gasteiger charge is -2.37. The third-order valence-electron chi connectivity index (χ3n) is 4.87. The van der Waals surface area contributed by atoms with Crippen molar-refractivity contribution in [1.29, 1.82) is 0 Å². The number of urea groups is 1. The van der Waals surface area contributed by atoms with Crippen LogP contribution in [0.1, 0.15) is 46.0 Å². The summed E-state index contributed by atoms with van der Waals surface area (Å²) in [5.41, 5.74) is 0. The summed E-state index contributed by atoms with van der Waals surface area (Å²) in [6.45, 7) is 5.55. The molecule has 0 spiro atoms. The molecule has 1 aliphatic heterocycles. The van der Waals surface area contributed by atoms with E-state index >= 15 is 0 Å². The first-order chi connectivity index (χ1) is 9.49. The maximum atomic E-state index is 12.3. The predicted octanol–water partition coefficient (Wildman–Crippen LogP) is 2.32. The number of hydrogen-bond acceptors (Lipinski definition) is 2. The van der Waals surface area contributed by atoms with Crippen molar-refractivity contribution >= 4 is 12.0 Å². The van der Waals surface area contributed by atoms with Crippen molar-refractivity contribution in [2.24, 2.45) is 17.8 Å². The molecular weight excluding hydrogens is 256 g/mol. The largest absolute Gasteiger partial charge is 0.481 e. The number of aliphatic carboxylic acids is 1. The zero-order valence-electron chi connectivity index (χ0n) is 12.5. The van der Waals surface area contributed by atoms with Crippen LogP contribution >= 0.6 is 0 Å². The fourth-order valence-corrected chi connectivity index (χ4v) is 3.50.